The minimum atomic E-state index is -0.508. The van der Waals surface area contributed by atoms with Crippen molar-refractivity contribution >= 4 is 22.9 Å². The van der Waals surface area contributed by atoms with Gasteiger partial charge in [-0.25, -0.2) is 0 Å². The maximum Gasteiger partial charge on any atom is 0.295 e. The zero-order chi connectivity index (χ0) is 10.1. The third-order valence-corrected chi connectivity index (χ3v) is 2.04. The molecule has 0 aliphatic heterocycles. The lowest BCUT2D eigenvalue weighted by atomic mass is 10.1. The second-order valence-corrected chi connectivity index (χ2v) is 2.82. The molecule has 2 rings (SSSR count). The Morgan fingerprint density at radius 2 is 2.21 bits per heavy atom. The summed E-state index contributed by atoms with van der Waals surface area (Å²) in [6, 6.07) is 4.91. The number of rotatable bonds is 2. The van der Waals surface area contributed by atoms with Crippen LogP contribution in [0.15, 0.2) is 24.4 Å². The number of hydrogen-bond donors (Lipinski definition) is 1. The average Bonchev–Trinajstić information content (AvgIpc) is 2.60. The van der Waals surface area contributed by atoms with Crippen LogP contribution >= 0.6 is 0 Å². The highest BCUT2D eigenvalue weighted by atomic mass is 16.6. The van der Waals surface area contributed by atoms with E-state index < -0.39 is 4.92 Å². The van der Waals surface area contributed by atoms with E-state index in [4.69, 9.17) is 0 Å². The Morgan fingerprint density at radius 3 is 2.86 bits per heavy atom. The van der Waals surface area contributed by atoms with Crippen LogP contribution in [0.1, 0.15) is 10.4 Å². The Hall–Kier alpha value is -2.17. The largest absolute Gasteiger partial charge is 0.355 e. The Balaban J connectivity index is 2.87. The van der Waals surface area contributed by atoms with Gasteiger partial charge in [0.1, 0.15) is 0 Å². The summed E-state index contributed by atoms with van der Waals surface area (Å²) in [6.45, 7) is 0. The number of nitrogens with one attached hydrogen (secondary N) is 1. The number of fused-ring (bicyclic) bond motifs is 1. The summed E-state index contributed by atoms with van der Waals surface area (Å²) < 4.78 is 0. The Bertz CT molecular complexity index is 516. The van der Waals surface area contributed by atoms with Crippen molar-refractivity contribution in [1.82, 2.24) is 4.98 Å². The van der Waals surface area contributed by atoms with Crippen molar-refractivity contribution in [2.75, 3.05) is 0 Å². The molecule has 0 aliphatic rings. The predicted octanol–water partition coefficient (Wildman–Crippen LogP) is 1.89. The minimum Gasteiger partial charge on any atom is -0.355 e. The van der Waals surface area contributed by atoms with Gasteiger partial charge in [0.2, 0.25) is 0 Å². The first-order valence-corrected chi connectivity index (χ1v) is 3.93. The van der Waals surface area contributed by atoms with Crippen LogP contribution in [-0.2, 0) is 0 Å². The van der Waals surface area contributed by atoms with Crippen LogP contribution in [0.2, 0.25) is 0 Å². The lowest BCUT2D eigenvalue weighted by molar-refractivity contribution is -0.383. The molecule has 0 atom stereocenters. The van der Waals surface area contributed by atoms with Gasteiger partial charge in [-0.2, -0.15) is 0 Å². The molecule has 14 heavy (non-hydrogen) atoms. The van der Waals surface area contributed by atoms with E-state index in [2.05, 4.69) is 4.98 Å². The molecule has 5 nitrogen and oxygen atoms in total. The molecule has 0 aliphatic carbocycles. The molecule has 70 valence electrons. The summed E-state index contributed by atoms with van der Waals surface area (Å²) in [5.41, 5.74) is 0.861. The van der Waals surface area contributed by atoms with E-state index >= 15 is 0 Å². The number of aromatic nitrogens is 1. The van der Waals surface area contributed by atoms with Crippen LogP contribution in [-0.4, -0.2) is 16.2 Å². The molecular formula is C9H6N2O3. The smallest absolute Gasteiger partial charge is 0.295 e. The van der Waals surface area contributed by atoms with E-state index in [9.17, 15) is 14.9 Å². The van der Waals surface area contributed by atoms with Crippen LogP contribution < -0.4 is 0 Å². The minimum absolute atomic E-state index is 0.0669. The molecule has 0 amide bonds. The van der Waals surface area contributed by atoms with Gasteiger partial charge in [-0.1, -0.05) is 12.1 Å². The van der Waals surface area contributed by atoms with Crippen LogP contribution in [0.25, 0.3) is 10.9 Å². The van der Waals surface area contributed by atoms with E-state index in [0.717, 1.165) is 0 Å². The molecule has 0 bridgehead atoms. The monoisotopic (exact) mass is 190 g/mol. The molecule has 2 aromatic rings. The third-order valence-electron chi connectivity index (χ3n) is 2.04. The fraction of sp³-hybridized carbons (Fsp3) is 0. The van der Waals surface area contributed by atoms with Crippen molar-refractivity contribution in [3.63, 3.8) is 0 Å². The Labute approximate surface area is 78.5 Å². The zero-order valence-electron chi connectivity index (χ0n) is 7.06. The van der Waals surface area contributed by atoms with E-state index in [0.29, 0.717) is 22.8 Å². The first kappa shape index (κ1) is 8.43. The quantitative estimate of drug-likeness (QED) is 0.446. The highest BCUT2D eigenvalue weighted by molar-refractivity contribution is 6.02. The number of carbonyl (C=O) groups is 1. The standard InChI is InChI=1S/C9H6N2O3/c12-5-6-2-1-3-7-9(6)8(4-10-7)11(13)14/h1-5,10H. The van der Waals surface area contributed by atoms with Gasteiger partial charge < -0.3 is 4.98 Å². The van der Waals surface area contributed by atoms with Crippen molar-refractivity contribution in [3.8, 4) is 0 Å². The first-order valence-electron chi connectivity index (χ1n) is 3.93. The summed E-state index contributed by atoms with van der Waals surface area (Å²) in [7, 11) is 0. The van der Waals surface area contributed by atoms with Crippen molar-refractivity contribution in [2.45, 2.75) is 0 Å². The molecule has 1 heterocycles. The lowest BCUT2D eigenvalue weighted by Crippen LogP contribution is -1.88. The van der Waals surface area contributed by atoms with Crippen LogP contribution in [0.5, 0.6) is 0 Å². The summed E-state index contributed by atoms with van der Waals surface area (Å²) in [5.74, 6) is 0. The number of nitro groups is 1. The SMILES string of the molecule is O=Cc1cccc2[nH]cc([N+](=O)[O-])c12. The summed E-state index contributed by atoms with van der Waals surface area (Å²) in [6.07, 6.45) is 1.90. The number of benzene rings is 1. The van der Waals surface area contributed by atoms with Crippen LogP contribution in [0.3, 0.4) is 0 Å². The third kappa shape index (κ3) is 1.06. The fourth-order valence-corrected chi connectivity index (χ4v) is 1.44. The van der Waals surface area contributed by atoms with Crippen molar-refractivity contribution in [2.24, 2.45) is 0 Å². The summed E-state index contributed by atoms with van der Waals surface area (Å²) in [5, 5.41) is 11.0. The molecule has 1 aromatic heterocycles. The number of nitrogens with zero attached hydrogens (tertiary/aromatic N) is 1. The van der Waals surface area contributed by atoms with Gasteiger partial charge in [-0.05, 0) is 6.07 Å². The number of H-pyrrole nitrogens is 1. The summed E-state index contributed by atoms with van der Waals surface area (Å²) >= 11 is 0. The maximum atomic E-state index is 10.7. The molecule has 0 fully saturated rings. The number of carbonyl (C=O) groups excluding carboxylic acids is 1. The first-order chi connectivity index (χ1) is 6.74. The van der Waals surface area contributed by atoms with Gasteiger partial charge >= 0.3 is 0 Å². The molecule has 0 saturated carbocycles. The zero-order valence-corrected chi connectivity index (χ0v) is 7.06. The molecule has 0 unspecified atom stereocenters. The van der Waals surface area contributed by atoms with Gasteiger partial charge in [0, 0.05) is 5.56 Å². The molecule has 1 aromatic carbocycles. The Morgan fingerprint density at radius 1 is 1.43 bits per heavy atom. The lowest BCUT2D eigenvalue weighted by Gasteiger charge is -1.93. The molecular weight excluding hydrogens is 184 g/mol. The van der Waals surface area contributed by atoms with Crippen molar-refractivity contribution < 1.29 is 9.72 Å². The van der Waals surface area contributed by atoms with E-state index in [1.54, 1.807) is 18.2 Å². The van der Waals surface area contributed by atoms with Crippen LogP contribution in [0, 0.1) is 10.1 Å². The van der Waals surface area contributed by atoms with Gasteiger partial charge in [-0.3, -0.25) is 14.9 Å². The van der Waals surface area contributed by atoms with E-state index in [1.165, 1.54) is 6.20 Å². The van der Waals surface area contributed by atoms with Gasteiger partial charge in [0.15, 0.2) is 6.29 Å². The molecule has 0 radical (unpaired) electrons. The predicted molar refractivity (Wildman–Crippen MR) is 50.3 cm³/mol. The van der Waals surface area contributed by atoms with Gasteiger partial charge in [0.05, 0.1) is 22.0 Å². The number of hydrogen-bond acceptors (Lipinski definition) is 3. The normalized spacial score (nSPS) is 10.3. The molecule has 0 spiro atoms. The summed E-state index contributed by atoms with van der Waals surface area (Å²) in [4.78, 5) is 23.5. The number of aromatic amines is 1. The van der Waals surface area contributed by atoms with Gasteiger partial charge in [-0.15, -0.1) is 0 Å². The topological polar surface area (TPSA) is 76.0 Å². The van der Waals surface area contributed by atoms with Crippen molar-refractivity contribution in [3.05, 3.63) is 40.1 Å². The fourth-order valence-electron chi connectivity index (χ4n) is 1.44. The second kappa shape index (κ2) is 2.95. The molecule has 5 heteroatoms. The van der Waals surface area contributed by atoms with Crippen molar-refractivity contribution in [1.29, 1.82) is 0 Å². The highest BCUT2D eigenvalue weighted by Gasteiger charge is 2.16. The van der Waals surface area contributed by atoms with Crippen LogP contribution in [0.4, 0.5) is 5.69 Å². The van der Waals surface area contributed by atoms with Gasteiger partial charge in [0.25, 0.3) is 5.69 Å². The molecule has 0 saturated heterocycles. The Kier molecular flexibility index (Phi) is 1.78. The second-order valence-electron chi connectivity index (χ2n) is 2.82. The molecule has 1 N–H and O–H groups in total. The average molecular weight is 190 g/mol. The highest BCUT2D eigenvalue weighted by Crippen LogP contribution is 2.27. The van der Waals surface area contributed by atoms with E-state index in [1.807, 2.05) is 0 Å². The number of aldehydes is 1. The maximum absolute atomic E-state index is 10.7. The van der Waals surface area contributed by atoms with E-state index in [-0.39, 0.29) is 5.69 Å².